The molecule has 0 aliphatic carbocycles. The zero-order chi connectivity index (χ0) is 18.8. The van der Waals surface area contributed by atoms with Gasteiger partial charge in [-0.15, -0.1) is 0 Å². The van der Waals surface area contributed by atoms with Crippen LogP contribution in [0.15, 0.2) is 42.5 Å². The molecule has 0 fully saturated rings. The SMILES string of the molecule is Cc1ccc(Cn2nc(C)c(C(=O)Nc3cc(F)ccc3F)c2Cl)cc1. The lowest BCUT2D eigenvalue weighted by atomic mass is 10.1. The summed E-state index contributed by atoms with van der Waals surface area (Å²) in [6.45, 7) is 4.01. The van der Waals surface area contributed by atoms with Crippen molar-refractivity contribution in [2.24, 2.45) is 0 Å². The average Bonchev–Trinajstić information content (AvgIpc) is 2.87. The van der Waals surface area contributed by atoms with Gasteiger partial charge in [-0.2, -0.15) is 5.10 Å². The van der Waals surface area contributed by atoms with E-state index in [4.69, 9.17) is 11.6 Å². The van der Waals surface area contributed by atoms with E-state index in [1.807, 2.05) is 31.2 Å². The van der Waals surface area contributed by atoms with Crippen molar-refractivity contribution in [2.75, 3.05) is 5.32 Å². The predicted octanol–water partition coefficient (Wildman–Crippen LogP) is 4.73. The van der Waals surface area contributed by atoms with Gasteiger partial charge in [-0.25, -0.2) is 13.5 Å². The second-order valence-corrected chi connectivity index (χ2v) is 6.33. The molecule has 0 bridgehead atoms. The molecule has 1 aromatic heterocycles. The van der Waals surface area contributed by atoms with E-state index in [9.17, 15) is 13.6 Å². The Bertz CT molecular complexity index is 968. The number of aromatic nitrogens is 2. The predicted molar refractivity (Wildman–Crippen MR) is 96.6 cm³/mol. The highest BCUT2D eigenvalue weighted by Crippen LogP contribution is 2.23. The number of hydrogen-bond acceptors (Lipinski definition) is 2. The van der Waals surface area contributed by atoms with Crippen LogP contribution in [0.4, 0.5) is 14.5 Å². The number of carbonyl (C=O) groups is 1. The Morgan fingerprint density at radius 2 is 1.85 bits per heavy atom. The van der Waals surface area contributed by atoms with E-state index in [0.29, 0.717) is 12.2 Å². The van der Waals surface area contributed by atoms with Gasteiger partial charge in [0, 0.05) is 6.07 Å². The average molecular weight is 376 g/mol. The van der Waals surface area contributed by atoms with Crippen LogP contribution < -0.4 is 5.32 Å². The van der Waals surface area contributed by atoms with Gasteiger partial charge >= 0.3 is 0 Å². The molecule has 1 heterocycles. The van der Waals surface area contributed by atoms with Gasteiger partial charge < -0.3 is 5.32 Å². The molecule has 26 heavy (non-hydrogen) atoms. The summed E-state index contributed by atoms with van der Waals surface area (Å²) >= 11 is 6.31. The topological polar surface area (TPSA) is 46.9 Å². The Morgan fingerprint density at radius 3 is 2.54 bits per heavy atom. The van der Waals surface area contributed by atoms with E-state index in [2.05, 4.69) is 10.4 Å². The summed E-state index contributed by atoms with van der Waals surface area (Å²) in [5.41, 5.74) is 2.38. The fourth-order valence-corrected chi connectivity index (χ4v) is 2.88. The summed E-state index contributed by atoms with van der Waals surface area (Å²) in [6, 6.07) is 10.7. The molecule has 3 aromatic rings. The Morgan fingerprint density at radius 1 is 1.15 bits per heavy atom. The van der Waals surface area contributed by atoms with Crippen molar-refractivity contribution in [3.05, 3.63) is 81.6 Å². The number of nitrogens with one attached hydrogen (secondary N) is 1. The Balaban J connectivity index is 1.86. The minimum Gasteiger partial charge on any atom is -0.319 e. The van der Waals surface area contributed by atoms with Gasteiger partial charge in [-0.1, -0.05) is 41.4 Å². The number of rotatable bonds is 4. The maximum Gasteiger partial charge on any atom is 0.260 e. The third-order valence-electron chi connectivity index (χ3n) is 3.92. The van der Waals surface area contributed by atoms with E-state index in [0.717, 1.165) is 29.3 Å². The molecule has 0 atom stereocenters. The highest BCUT2D eigenvalue weighted by Gasteiger charge is 2.21. The fourth-order valence-electron chi connectivity index (χ4n) is 2.56. The summed E-state index contributed by atoms with van der Waals surface area (Å²) in [4.78, 5) is 12.5. The van der Waals surface area contributed by atoms with Gasteiger partial charge in [-0.05, 0) is 31.5 Å². The molecular weight excluding hydrogens is 360 g/mol. The number of carbonyl (C=O) groups excluding carboxylic acids is 1. The van der Waals surface area contributed by atoms with Crippen molar-refractivity contribution in [2.45, 2.75) is 20.4 Å². The molecule has 0 radical (unpaired) electrons. The van der Waals surface area contributed by atoms with Crippen LogP contribution >= 0.6 is 11.6 Å². The van der Waals surface area contributed by atoms with E-state index in [1.54, 1.807) is 6.92 Å². The van der Waals surface area contributed by atoms with Gasteiger partial charge in [0.15, 0.2) is 0 Å². The first-order valence-electron chi connectivity index (χ1n) is 7.90. The first kappa shape index (κ1) is 18.1. The number of benzene rings is 2. The molecule has 1 amide bonds. The Kier molecular flexibility index (Phi) is 5.04. The minimum atomic E-state index is -0.736. The molecule has 134 valence electrons. The number of aryl methyl sites for hydroxylation is 2. The molecule has 7 heteroatoms. The molecule has 0 unspecified atom stereocenters. The smallest absolute Gasteiger partial charge is 0.260 e. The summed E-state index contributed by atoms with van der Waals surface area (Å²) < 4.78 is 28.5. The largest absolute Gasteiger partial charge is 0.319 e. The van der Waals surface area contributed by atoms with Crippen molar-refractivity contribution in [1.82, 2.24) is 9.78 Å². The van der Waals surface area contributed by atoms with Crippen molar-refractivity contribution < 1.29 is 13.6 Å². The lowest BCUT2D eigenvalue weighted by Crippen LogP contribution is -2.14. The van der Waals surface area contributed by atoms with E-state index in [1.165, 1.54) is 4.68 Å². The second-order valence-electron chi connectivity index (χ2n) is 5.97. The lowest BCUT2D eigenvalue weighted by Gasteiger charge is -2.07. The van der Waals surface area contributed by atoms with Gasteiger partial charge in [0.05, 0.1) is 23.5 Å². The van der Waals surface area contributed by atoms with Crippen molar-refractivity contribution in [3.63, 3.8) is 0 Å². The summed E-state index contributed by atoms with van der Waals surface area (Å²) in [5.74, 6) is -2.03. The van der Waals surface area contributed by atoms with Crippen molar-refractivity contribution >= 4 is 23.2 Å². The number of halogens is 3. The van der Waals surface area contributed by atoms with Crippen LogP contribution in [0.25, 0.3) is 0 Å². The fraction of sp³-hybridized carbons (Fsp3) is 0.158. The van der Waals surface area contributed by atoms with Crippen molar-refractivity contribution in [3.8, 4) is 0 Å². The standard InChI is InChI=1S/C19H16ClF2N3O/c1-11-3-5-13(6-4-11)10-25-18(20)17(12(2)24-25)19(26)23-16-9-14(21)7-8-15(16)22/h3-9H,10H2,1-2H3,(H,23,26). The van der Waals surface area contributed by atoms with Crippen LogP contribution in [0.5, 0.6) is 0 Å². The zero-order valence-electron chi connectivity index (χ0n) is 14.2. The highest BCUT2D eigenvalue weighted by atomic mass is 35.5. The lowest BCUT2D eigenvalue weighted by molar-refractivity contribution is 0.102. The second kappa shape index (κ2) is 7.25. The van der Waals surface area contributed by atoms with Gasteiger partial charge in [0.1, 0.15) is 16.8 Å². The van der Waals surface area contributed by atoms with Crippen LogP contribution in [0.3, 0.4) is 0 Å². The highest BCUT2D eigenvalue weighted by molar-refractivity contribution is 6.33. The molecule has 0 aliphatic rings. The molecule has 1 N–H and O–H groups in total. The summed E-state index contributed by atoms with van der Waals surface area (Å²) in [7, 11) is 0. The van der Waals surface area contributed by atoms with Gasteiger partial charge in [0.25, 0.3) is 5.91 Å². The van der Waals surface area contributed by atoms with E-state index >= 15 is 0 Å². The molecule has 4 nitrogen and oxygen atoms in total. The Hall–Kier alpha value is -2.73. The maximum absolute atomic E-state index is 13.7. The first-order chi connectivity index (χ1) is 12.3. The summed E-state index contributed by atoms with van der Waals surface area (Å²) in [6.07, 6.45) is 0. The van der Waals surface area contributed by atoms with E-state index < -0.39 is 17.5 Å². The van der Waals surface area contributed by atoms with Crippen LogP contribution in [-0.2, 0) is 6.54 Å². The van der Waals surface area contributed by atoms with Crippen LogP contribution in [0, 0.1) is 25.5 Å². The van der Waals surface area contributed by atoms with Gasteiger partial charge in [0.2, 0.25) is 0 Å². The Labute approximate surface area is 154 Å². The molecule has 0 saturated carbocycles. The molecule has 0 aliphatic heterocycles. The van der Waals surface area contributed by atoms with Crippen molar-refractivity contribution in [1.29, 1.82) is 0 Å². The van der Waals surface area contributed by atoms with Gasteiger partial charge in [-0.3, -0.25) is 4.79 Å². The molecule has 0 saturated heterocycles. The number of anilines is 1. The molecule has 2 aromatic carbocycles. The molecule has 3 rings (SSSR count). The minimum absolute atomic E-state index is 0.127. The van der Waals surface area contributed by atoms with E-state index in [-0.39, 0.29) is 16.4 Å². The number of hydrogen-bond donors (Lipinski definition) is 1. The quantitative estimate of drug-likeness (QED) is 0.716. The third-order valence-corrected chi connectivity index (χ3v) is 4.31. The van der Waals surface area contributed by atoms with Crippen LogP contribution in [0.1, 0.15) is 27.2 Å². The first-order valence-corrected chi connectivity index (χ1v) is 8.28. The molecular formula is C19H16ClF2N3O. The number of nitrogens with zero attached hydrogens (tertiary/aromatic N) is 2. The molecule has 0 spiro atoms. The maximum atomic E-state index is 13.7. The monoisotopic (exact) mass is 375 g/mol. The van der Waals surface area contributed by atoms with Crippen LogP contribution in [0.2, 0.25) is 5.15 Å². The zero-order valence-corrected chi connectivity index (χ0v) is 14.9. The summed E-state index contributed by atoms with van der Waals surface area (Å²) in [5, 5.41) is 6.77. The third kappa shape index (κ3) is 3.75. The number of amides is 1. The van der Waals surface area contributed by atoms with Crippen LogP contribution in [-0.4, -0.2) is 15.7 Å². The normalized spacial score (nSPS) is 10.8.